The number of hydrogen-bond donors (Lipinski definition) is 0. The minimum absolute atomic E-state index is 0.142. The van der Waals surface area contributed by atoms with Crippen LogP contribution in [0.5, 0.6) is 0 Å². The average molecular weight is 479 g/mol. The van der Waals surface area contributed by atoms with Crippen molar-refractivity contribution in [2.24, 2.45) is 0 Å². The highest BCUT2D eigenvalue weighted by Crippen LogP contribution is 2.29. The molecular formula is C23H16F3N7O2. The first kappa shape index (κ1) is 22.2. The molecule has 35 heavy (non-hydrogen) atoms. The molecule has 5 rings (SSSR count). The number of hydrogen-bond acceptors (Lipinski definition) is 7. The molecule has 12 heteroatoms. The van der Waals surface area contributed by atoms with Crippen LogP contribution < -0.4 is 0 Å². The summed E-state index contributed by atoms with van der Waals surface area (Å²) in [6.45, 7) is 0.242. The summed E-state index contributed by atoms with van der Waals surface area (Å²) in [5.41, 5.74) is 1.40. The number of alkyl halides is 3. The summed E-state index contributed by atoms with van der Waals surface area (Å²) in [7, 11) is 0. The first-order valence-electron chi connectivity index (χ1n) is 10.4. The summed E-state index contributed by atoms with van der Waals surface area (Å²) in [5, 5.41) is 16.1. The van der Waals surface area contributed by atoms with Crippen molar-refractivity contribution in [1.82, 2.24) is 35.0 Å². The summed E-state index contributed by atoms with van der Waals surface area (Å²) in [6, 6.07) is 15.7. The summed E-state index contributed by atoms with van der Waals surface area (Å²) in [5.74, 6) is -0.514. The van der Waals surface area contributed by atoms with Crippen molar-refractivity contribution < 1.29 is 22.7 Å². The number of halogens is 3. The van der Waals surface area contributed by atoms with Gasteiger partial charge in [0.1, 0.15) is 0 Å². The lowest BCUT2D eigenvalue weighted by atomic mass is 10.2. The molecule has 5 aromatic rings. The number of rotatable bonds is 6. The van der Waals surface area contributed by atoms with Crippen LogP contribution in [0.4, 0.5) is 13.2 Å². The molecule has 0 spiro atoms. The predicted molar refractivity (Wildman–Crippen MR) is 116 cm³/mol. The first-order valence-corrected chi connectivity index (χ1v) is 10.4. The molecule has 0 aliphatic heterocycles. The molecule has 176 valence electrons. The van der Waals surface area contributed by atoms with Crippen molar-refractivity contribution in [1.29, 1.82) is 0 Å². The minimum atomic E-state index is -4.45. The molecule has 0 bridgehead atoms. The largest absolute Gasteiger partial charge is 0.454 e. The van der Waals surface area contributed by atoms with E-state index in [1.807, 2.05) is 30.3 Å². The number of pyridine rings is 1. The lowest BCUT2D eigenvalue weighted by Crippen LogP contribution is -2.11. The highest BCUT2D eigenvalue weighted by atomic mass is 19.4. The Morgan fingerprint density at radius 2 is 1.77 bits per heavy atom. The van der Waals surface area contributed by atoms with E-state index < -0.39 is 17.7 Å². The Balaban J connectivity index is 1.28. The number of aromatic nitrogens is 7. The van der Waals surface area contributed by atoms with E-state index in [-0.39, 0.29) is 18.0 Å². The summed E-state index contributed by atoms with van der Waals surface area (Å²) < 4.78 is 46.6. The van der Waals surface area contributed by atoms with E-state index in [1.54, 1.807) is 16.9 Å². The van der Waals surface area contributed by atoms with Gasteiger partial charge in [-0.25, -0.2) is 14.5 Å². The van der Waals surface area contributed by atoms with Crippen LogP contribution in [0.15, 0.2) is 73.1 Å². The molecule has 0 fully saturated rings. The van der Waals surface area contributed by atoms with Gasteiger partial charge in [0.25, 0.3) is 0 Å². The van der Waals surface area contributed by atoms with E-state index in [0.717, 1.165) is 17.7 Å². The van der Waals surface area contributed by atoms with Gasteiger partial charge >= 0.3 is 12.1 Å². The Kier molecular flexibility index (Phi) is 5.69. The van der Waals surface area contributed by atoms with Crippen molar-refractivity contribution in [3.05, 3.63) is 95.6 Å². The molecule has 0 aliphatic rings. The summed E-state index contributed by atoms with van der Waals surface area (Å²) >= 11 is 0. The third-order valence-corrected chi connectivity index (χ3v) is 5.19. The second-order valence-electron chi connectivity index (χ2n) is 7.55. The number of ether oxygens (including phenoxy) is 1. The lowest BCUT2D eigenvalue weighted by Gasteiger charge is -2.09. The fraction of sp³-hybridized carbons (Fsp3) is 0.130. The van der Waals surface area contributed by atoms with E-state index in [2.05, 4.69) is 25.6 Å². The van der Waals surface area contributed by atoms with Crippen LogP contribution in [0.3, 0.4) is 0 Å². The number of tetrazole rings is 1. The van der Waals surface area contributed by atoms with Crippen molar-refractivity contribution in [3.8, 4) is 5.69 Å². The van der Waals surface area contributed by atoms with Crippen LogP contribution in [-0.2, 0) is 24.1 Å². The molecular weight excluding hydrogens is 463 g/mol. The average Bonchev–Trinajstić information content (AvgIpc) is 3.49. The van der Waals surface area contributed by atoms with Gasteiger partial charge in [-0.2, -0.15) is 23.0 Å². The van der Waals surface area contributed by atoms with E-state index in [4.69, 9.17) is 4.74 Å². The molecule has 0 saturated heterocycles. The second kappa shape index (κ2) is 8.97. The molecule has 0 saturated carbocycles. The van der Waals surface area contributed by atoms with Gasteiger partial charge in [0.05, 0.1) is 29.6 Å². The number of benzene rings is 2. The van der Waals surface area contributed by atoms with Crippen molar-refractivity contribution in [2.75, 3.05) is 0 Å². The third kappa shape index (κ3) is 4.71. The molecule has 3 heterocycles. The third-order valence-electron chi connectivity index (χ3n) is 5.19. The highest BCUT2D eigenvalue weighted by Gasteiger charge is 2.30. The van der Waals surface area contributed by atoms with Gasteiger partial charge in [-0.1, -0.05) is 30.3 Å². The van der Waals surface area contributed by atoms with E-state index in [1.165, 1.54) is 23.0 Å². The van der Waals surface area contributed by atoms with E-state index in [0.29, 0.717) is 23.3 Å². The fourth-order valence-corrected chi connectivity index (χ4v) is 3.46. The van der Waals surface area contributed by atoms with Crippen LogP contribution in [0, 0.1) is 0 Å². The Morgan fingerprint density at radius 3 is 2.51 bits per heavy atom. The van der Waals surface area contributed by atoms with Gasteiger partial charge in [-0.05, 0) is 46.3 Å². The van der Waals surface area contributed by atoms with Crippen molar-refractivity contribution in [2.45, 2.75) is 19.3 Å². The van der Waals surface area contributed by atoms with Crippen LogP contribution in [-0.4, -0.2) is 40.9 Å². The van der Waals surface area contributed by atoms with Crippen LogP contribution in [0.2, 0.25) is 0 Å². The molecule has 0 aliphatic carbocycles. The second-order valence-corrected chi connectivity index (χ2v) is 7.55. The Morgan fingerprint density at radius 1 is 1.00 bits per heavy atom. The number of nitrogens with zero attached hydrogens (tertiary/aromatic N) is 7. The monoisotopic (exact) mass is 479 g/mol. The summed E-state index contributed by atoms with van der Waals surface area (Å²) in [6.07, 6.45) is -1.44. The van der Waals surface area contributed by atoms with E-state index >= 15 is 0 Å². The van der Waals surface area contributed by atoms with Gasteiger partial charge < -0.3 is 4.74 Å². The Labute approximate surface area is 195 Å². The van der Waals surface area contributed by atoms with Gasteiger partial charge in [0.15, 0.2) is 18.1 Å². The maximum atomic E-state index is 12.8. The van der Waals surface area contributed by atoms with Gasteiger partial charge in [0, 0.05) is 11.6 Å². The van der Waals surface area contributed by atoms with Crippen LogP contribution in [0.25, 0.3) is 16.7 Å². The molecule has 0 amide bonds. The highest BCUT2D eigenvalue weighted by molar-refractivity contribution is 5.92. The Hall–Kier alpha value is -4.61. The molecule has 0 N–H and O–H groups in total. The fourth-order valence-electron chi connectivity index (χ4n) is 3.46. The quantitative estimate of drug-likeness (QED) is 0.341. The van der Waals surface area contributed by atoms with Crippen LogP contribution in [0.1, 0.15) is 27.3 Å². The molecule has 2 aromatic carbocycles. The number of esters is 1. The number of fused-ring (bicyclic) bond motifs is 1. The zero-order valence-corrected chi connectivity index (χ0v) is 17.9. The molecule has 0 unspecified atom stereocenters. The Bertz CT molecular complexity index is 1480. The smallest absolute Gasteiger partial charge is 0.416 e. The summed E-state index contributed by atoms with van der Waals surface area (Å²) in [4.78, 5) is 17.0. The topological polar surface area (TPSA) is 101 Å². The van der Waals surface area contributed by atoms with E-state index in [9.17, 15) is 18.0 Å². The first-order chi connectivity index (χ1) is 16.9. The molecule has 9 nitrogen and oxygen atoms in total. The number of carbonyl (C=O) groups is 1. The SMILES string of the molecule is O=C(OCc1nnnn1-c1ccc(C(F)(F)F)cc1)c1cnc2c(cnn2Cc2ccccc2)c1. The predicted octanol–water partition coefficient (Wildman–Crippen LogP) is 3.83. The van der Waals surface area contributed by atoms with Gasteiger partial charge in [-0.3, -0.25) is 0 Å². The zero-order valence-electron chi connectivity index (χ0n) is 17.9. The normalized spacial score (nSPS) is 11.6. The minimum Gasteiger partial charge on any atom is -0.454 e. The zero-order chi connectivity index (χ0) is 24.4. The van der Waals surface area contributed by atoms with Crippen molar-refractivity contribution in [3.63, 3.8) is 0 Å². The van der Waals surface area contributed by atoms with Gasteiger partial charge in [0.2, 0.25) is 0 Å². The van der Waals surface area contributed by atoms with Crippen LogP contribution >= 0.6 is 0 Å². The molecule has 0 radical (unpaired) electrons. The molecule has 3 aromatic heterocycles. The standard InChI is InChI=1S/C23H16F3N7O2/c24-23(25,26)18-6-8-19(9-7-18)33-20(29-30-31-33)14-35-22(34)17-10-16-12-28-32(21(16)27-11-17)13-15-4-2-1-3-5-15/h1-12H,13-14H2. The van der Waals surface area contributed by atoms with Crippen molar-refractivity contribution >= 4 is 17.0 Å². The number of carbonyl (C=O) groups excluding carboxylic acids is 1. The maximum Gasteiger partial charge on any atom is 0.416 e. The lowest BCUT2D eigenvalue weighted by molar-refractivity contribution is -0.137. The molecule has 0 atom stereocenters. The van der Waals surface area contributed by atoms with Gasteiger partial charge in [-0.15, -0.1) is 5.10 Å². The maximum absolute atomic E-state index is 12.8.